The first kappa shape index (κ1) is 13.2. The van der Waals surface area contributed by atoms with Crippen LogP contribution in [0.2, 0.25) is 0 Å². The molecule has 2 rings (SSSR count). The number of nitrogens with zero attached hydrogens (tertiary/aromatic N) is 3. The molecule has 2 aromatic rings. The van der Waals surface area contributed by atoms with Crippen molar-refractivity contribution in [1.82, 2.24) is 20.1 Å². The zero-order chi connectivity index (χ0) is 12.8. The van der Waals surface area contributed by atoms with Gasteiger partial charge in [0.1, 0.15) is 6.33 Å². The molecule has 0 fully saturated rings. The Labute approximate surface area is 116 Å². The second-order valence-electron chi connectivity index (χ2n) is 4.13. The molecule has 0 saturated heterocycles. The zero-order valence-corrected chi connectivity index (χ0v) is 12.0. The van der Waals surface area contributed by atoms with E-state index in [1.807, 2.05) is 22.9 Å². The lowest BCUT2D eigenvalue weighted by atomic mass is 10.2. The molecule has 0 aliphatic rings. The lowest BCUT2D eigenvalue weighted by molar-refractivity contribution is 0.624. The first-order valence-corrected chi connectivity index (χ1v) is 6.91. The molecule has 1 N–H and O–H groups in total. The monoisotopic (exact) mass is 308 g/mol. The minimum atomic E-state index is 0.733. The zero-order valence-electron chi connectivity index (χ0n) is 10.4. The van der Waals surface area contributed by atoms with Crippen LogP contribution in [0.1, 0.15) is 24.7 Å². The molecule has 1 heterocycles. The summed E-state index contributed by atoms with van der Waals surface area (Å²) in [5.74, 6) is 0.843. The van der Waals surface area contributed by atoms with Crippen molar-refractivity contribution < 1.29 is 0 Å². The molecule has 96 valence electrons. The van der Waals surface area contributed by atoms with E-state index in [4.69, 9.17) is 0 Å². The van der Waals surface area contributed by atoms with E-state index in [1.165, 1.54) is 5.56 Å². The number of nitrogens with one attached hydrogen (secondary N) is 1. The van der Waals surface area contributed by atoms with Crippen molar-refractivity contribution in [1.29, 1.82) is 0 Å². The van der Waals surface area contributed by atoms with Gasteiger partial charge in [0.05, 0.1) is 13.1 Å². The quantitative estimate of drug-likeness (QED) is 0.834. The largest absolute Gasteiger partial charge is 0.310 e. The maximum atomic E-state index is 4.44. The topological polar surface area (TPSA) is 42.7 Å². The first-order valence-electron chi connectivity index (χ1n) is 6.12. The van der Waals surface area contributed by atoms with E-state index in [9.17, 15) is 0 Å². The van der Waals surface area contributed by atoms with Crippen molar-refractivity contribution in [3.05, 3.63) is 46.5 Å². The SMILES string of the molecule is CCCNCc1ncn(Cc2ccccc2Br)n1. The van der Waals surface area contributed by atoms with Crippen LogP contribution in [0.5, 0.6) is 0 Å². The van der Waals surface area contributed by atoms with Crippen molar-refractivity contribution in [2.45, 2.75) is 26.4 Å². The highest BCUT2D eigenvalue weighted by Gasteiger charge is 2.03. The van der Waals surface area contributed by atoms with Crippen LogP contribution in [0.4, 0.5) is 0 Å². The van der Waals surface area contributed by atoms with Crippen LogP contribution < -0.4 is 5.32 Å². The molecule has 4 nitrogen and oxygen atoms in total. The van der Waals surface area contributed by atoms with Gasteiger partial charge in [0, 0.05) is 4.47 Å². The summed E-state index contributed by atoms with van der Waals surface area (Å²) in [5.41, 5.74) is 1.20. The molecule has 0 aliphatic heterocycles. The number of hydrogen-bond acceptors (Lipinski definition) is 3. The fourth-order valence-corrected chi connectivity index (χ4v) is 2.08. The normalized spacial score (nSPS) is 10.8. The van der Waals surface area contributed by atoms with Gasteiger partial charge in [-0.15, -0.1) is 0 Å². The Balaban J connectivity index is 1.96. The Morgan fingerprint density at radius 3 is 2.94 bits per heavy atom. The summed E-state index contributed by atoms with van der Waals surface area (Å²) in [6.07, 6.45) is 2.90. The Morgan fingerprint density at radius 1 is 1.33 bits per heavy atom. The molecule has 0 saturated carbocycles. The second kappa shape index (κ2) is 6.66. The van der Waals surface area contributed by atoms with E-state index in [0.29, 0.717) is 0 Å². The van der Waals surface area contributed by atoms with Crippen LogP contribution >= 0.6 is 15.9 Å². The molecule has 1 aromatic carbocycles. The fourth-order valence-electron chi connectivity index (χ4n) is 1.67. The van der Waals surface area contributed by atoms with E-state index in [2.05, 4.69) is 44.3 Å². The maximum Gasteiger partial charge on any atom is 0.164 e. The average Bonchev–Trinajstić information content (AvgIpc) is 2.80. The van der Waals surface area contributed by atoms with E-state index < -0.39 is 0 Å². The fraction of sp³-hybridized carbons (Fsp3) is 0.385. The number of rotatable bonds is 6. The van der Waals surface area contributed by atoms with E-state index in [-0.39, 0.29) is 0 Å². The standard InChI is InChI=1S/C13H17BrN4/c1-2-7-15-8-13-16-10-18(17-13)9-11-5-3-4-6-12(11)14/h3-6,10,15H,2,7-9H2,1H3. The smallest absolute Gasteiger partial charge is 0.164 e. The molecule has 1 aromatic heterocycles. The van der Waals surface area contributed by atoms with Crippen LogP contribution in [0.25, 0.3) is 0 Å². The number of benzene rings is 1. The Bertz CT molecular complexity index is 495. The van der Waals surface area contributed by atoms with Crippen molar-refractivity contribution >= 4 is 15.9 Å². The molecule has 5 heteroatoms. The Morgan fingerprint density at radius 2 is 2.17 bits per heavy atom. The predicted molar refractivity (Wildman–Crippen MR) is 75.3 cm³/mol. The van der Waals surface area contributed by atoms with Gasteiger partial charge < -0.3 is 5.32 Å². The first-order chi connectivity index (χ1) is 8.79. The highest BCUT2D eigenvalue weighted by Crippen LogP contribution is 2.16. The summed E-state index contributed by atoms with van der Waals surface area (Å²) in [6, 6.07) is 8.16. The van der Waals surface area contributed by atoms with Gasteiger partial charge in [0.15, 0.2) is 5.82 Å². The number of aromatic nitrogens is 3. The third kappa shape index (κ3) is 3.65. The molecule has 0 spiro atoms. The van der Waals surface area contributed by atoms with E-state index >= 15 is 0 Å². The van der Waals surface area contributed by atoms with E-state index in [1.54, 1.807) is 6.33 Å². The van der Waals surface area contributed by atoms with Gasteiger partial charge in [0.25, 0.3) is 0 Å². The van der Waals surface area contributed by atoms with E-state index in [0.717, 1.165) is 36.4 Å². The summed E-state index contributed by atoms with van der Waals surface area (Å²) < 4.78 is 2.97. The van der Waals surface area contributed by atoms with Gasteiger partial charge in [-0.05, 0) is 24.6 Å². The van der Waals surface area contributed by atoms with Crippen molar-refractivity contribution in [2.24, 2.45) is 0 Å². The highest BCUT2D eigenvalue weighted by molar-refractivity contribution is 9.10. The minimum Gasteiger partial charge on any atom is -0.310 e. The molecule has 0 bridgehead atoms. The predicted octanol–water partition coefficient (Wildman–Crippen LogP) is 2.59. The summed E-state index contributed by atoms with van der Waals surface area (Å²) in [5, 5.41) is 7.73. The molecule has 18 heavy (non-hydrogen) atoms. The molecule has 0 atom stereocenters. The van der Waals surface area contributed by atoms with Crippen LogP contribution in [-0.2, 0) is 13.1 Å². The van der Waals surface area contributed by atoms with Crippen molar-refractivity contribution in [3.63, 3.8) is 0 Å². The molecule has 0 aliphatic carbocycles. The third-order valence-corrected chi connectivity index (χ3v) is 3.36. The maximum absolute atomic E-state index is 4.44. The summed E-state index contributed by atoms with van der Waals surface area (Å²) in [7, 11) is 0. The summed E-state index contributed by atoms with van der Waals surface area (Å²) in [6.45, 7) is 4.61. The van der Waals surface area contributed by atoms with Crippen LogP contribution in [0.3, 0.4) is 0 Å². The Kier molecular flexibility index (Phi) is 4.90. The molecule has 0 unspecified atom stereocenters. The van der Waals surface area contributed by atoms with Crippen LogP contribution in [0.15, 0.2) is 35.1 Å². The third-order valence-electron chi connectivity index (χ3n) is 2.58. The number of hydrogen-bond donors (Lipinski definition) is 1. The molecular weight excluding hydrogens is 292 g/mol. The van der Waals surface area contributed by atoms with Gasteiger partial charge in [0.2, 0.25) is 0 Å². The minimum absolute atomic E-state index is 0.733. The van der Waals surface area contributed by atoms with Crippen LogP contribution in [-0.4, -0.2) is 21.3 Å². The Hall–Kier alpha value is -1.20. The van der Waals surface area contributed by atoms with Gasteiger partial charge in [-0.3, -0.25) is 0 Å². The van der Waals surface area contributed by atoms with Gasteiger partial charge >= 0.3 is 0 Å². The van der Waals surface area contributed by atoms with Gasteiger partial charge in [-0.1, -0.05) is 41.1 Å². The summed E-state index contributed by atoms with van der Waals surface area (Å²) in [4.78, 5) is 4.29. The molecule has 0 radical (unpaired) electrons. The van der Waals surface area contributed by atoms with Crippen LogP contribution in [0, 0.1) is 0 Å². The highest BCUT2D eigenvalue weighted by atomic mass is 79.9. The molecule has 0 amide bonds. The lowest BCUT2D eigenvalue weighted by Gasteiger charge is -2.03. The molecular formula is C13H17BrN4. The van der Waals surface area contributed by atoms with Crippen molar-refractivity contribution in [3.8, 4) is 0 Å². The number of halogens is 1. The van der Waals surface area contributed by atoms with Gasteiger partial charge in [-0.25, -0.2) is 9.67 Å². The van der Waals surface area contributed by atoms with Crippen molar-refractivity contribution in [2.75, 3.05) is 6.54 Å². The summed E-state index contributed by atoms with van der Waals surface area (Å²) >= 11 is 3.54. The van der Waals surface area contributed by atoms with Gasteiger partial charge in [-0.2, -0.15) is 5.10 Å². The second-order valence-corrected chi connectivity index (χ2v) is 4.98. The average molecular weight is 309 g/mol. The lowest BCUT2D eigenvalue weighted by Crippen LogP contribution is -2.15.